The average molecular weight is 475 g/mol. The smallest absolute Gasteiger partial charge is 0.242 e. The van der Waals surface area contributed by atoms with Crippen molar-refractivity contribution >= 4 is 35.2 Å². The van der Waals surface area contributed by atoms with Gasteiger partial charge >= 0.3 is 0 Å². The molecule has 0 aliphatic heterocycles. The van der Waals surface area contributed by atoms with E-state index in [1.807, 2.05) is 62.4 Å². The van der Waals surface area contributed by atoms with Gasteiger partial charge in [0, 0.05) is 29.4 Å². The molecular formula is C26H35ClN2O2S. The highest BCUT2D eigenvalue weighted by atomic mass is 35.5. The number of nitrogens with one attached hydrogen (secondary N) is 1. The Morgan fingerprint density at radius 2 is 1.78 bits per heavy atom. The van der Waals surface area contributed by atoms with E-state index < -0.39 is 6.04 Å². The average Bonchev–Trinajstić information content (AvgIpc) is 2.79. The van der Waals surface area contributed by atoms with E-state index in [2.05, 4.69) is 12.2 Å². The molecule has 0 fully saturated rings. The van der Waals surface area contributed by atoms with E-state index in [1.165, 1.54) is 0 Å². The van der Waals surface area contributed by atoms with Gasteiger partial charge in [-0.25, -0.2) is 0 Å². The normalized spacial score (nSPS) is 11.8. The fourth-order valence-corrected chi connectivity index (χ4v) is 4.46. The molecule has 2 aromatic rings. The van der Waals surface area contributed by atoms with Gasteiger partial charge in [-0.05, 0) is 67.3 Å². The summed E-state index contributed by atoms with van der Waals surface area (Å²) in [5.41, 5.74) is 2.21. The summed E-state index contributed by atoms with van der Waals surface area (Å²) < 4.78 is 0. The van der Waals surface area contributed by atoms with E-state index >= 15 is 0 Å². The molecule has 0 saturated carbocycles. The molecule has 4 nitrogen and oxygen atoms in total. The van der Waals surface area contributed by atoms with Crippen molar-refractivity contribution in [2.24, 2.45) is 0 Å². The third kappa shape index (κ3) is 8.51. The van der Waals surface area contributed by atoms with Gasteiger partial charge in [-0.3, -0.25) is 9.59 Å². The number of nitrogens with zero attached hydrogens (tertiary/aromatic N) is 1. The van der Waals surface area contributed by atoms with E-state index in [9.17, 15) is 9.59 Å². The first-order valence-electron chi connectivity index (χ1n) is 11.5. The summed E-state index contributed by atoms with van der Waals surface area (Å²) >= 11 is 7.66. The van der Waals surface area contributed by atoms with Crippen molar-refractivity contribution in [2.75, 3.05) is 12.3 Å². The van der Waals surface area contributed by atoms with Gasteiger partial charge in [-0.1, -0.05) is 56.1 Å². The lowest BCUT2D eigenvalue weighted by Crippen LogP contribution is -2.49. The van der Waals surface area contributed by atoms with Crippen LogP contribution in [-0.4, -0.2) is 35.1 Å². The van der Waals surface area contributed by atoms with Crippen LogP contribution in [0.3, 0.4) is 0 Å². The van der Waals surface area contributed by atoms with Gasteiger partial charge in [0.25, 0.3) is 0 Å². The molecule has 0 bridgehead atoms. The van der Waals surface area contributed by atoms with Crippen molar-refractivity contribution in [3.63, 3.8) is 0 Å². The van der Waals surface area contributed by atoms with E-state index in [0.717, 1.165) is 46.1 Å². The van der Waals surface area contributed by atoms with Crippen LogP contribution >= 0.6 is 23.4 Å². The molecule has 0 saturated heterocycles. The standard InChI is InChI=1S/C26H35ClN2O2S/c1-4-6-17-28-26(31)24(5-2)29(19-21-11-8-7-10-20(21)3)25(30)12-9-18-32-23-15-13-22(27)14-16-23/h7-8,10-11,13-16,24H,4-6,9,12,17-19H2,1-3H3,(H,28,31). The minimum absolute atomic E-state index is 0.0300. The van der Waals surface area contributed by atoms with Crippen LogP contribution < -0.4 is 5.32 Å². The highest BCUT2D eigenvalue weighted by Gasteiger charge is 2.28. The Balaban J connectivity index is 2.04. The van der Waals surface area contributed by atoms with Crippen molar-refractivity contribution < 1.29 is 9.59 Å². The predicted molar refractivity (Wildman–Crippen MR) is 135 cm³/mol. The van der Waals surface area contributed by atoms with Gasteiger partial charge in [-0.15, -0.1) is 11.8 Å². The third-order valence-corrected chi connectivity index (χ3v) is 6.79. The van der Waals surface area contributed by atoms with Crippen LogP contribution in [-0.2, 0) is 16.1 Å². The summed E-state index contributed by atoms with van der Waals surface area (Å²) in [6.45, 7) is 7.21. The highest BCUT2D eigenvalue weighted by Crippen LogP contribution is 2.22. The molecule has 2 rings (SSSR count). The number of halogens is 1. The predicted octanol–water partition coefficient (Wildman–Crippen LogP) is 6.24. The fourth-order valence-electron chi connectivity index (χ4n) is 3.48. The lowest BCUT2D eigenvalue weighted by Gasteiger charge is -2.31. The third-order valence-electron chi connectivity index (χ3n) is 5.43. The maximum absolute atomic E-state index is 13.3. The molecule has 174 valence electrons. The number of thioether (sulfide) groups is 1. The molecule has 0 aliphatic rings. The quantitative estimate of drug-likeness (QED) is 0.276. The zero-order chi connectivity index (χ0) is 23.3. The van der Waals surface area contributed by atoms with Crippen LogP contribution in [0.25, 0.3) is 0 Å². The lowest BCUT2D eigenvalue weighted by atomic mass is 10.1. The number of aryl methyl sites for hydroxylation is 1. The van der Waals surface area contributed by atoms with Crippen molar-refractivity contribution in [1.82, 2.24) is 10.2 Å². The van der Waals surface area contributed by atoms with Crippen LogP contribution in [0.15, 0.2) is 53.4 Å². The summed E-state index contributed by atoms with van der Waals surface area (Å²) in [5.74, 6) is 0.811. The van der Waals surface area contributed by atoms with Crippen molar-refractivity contribution in [2.45, 2.75) is 70.4 Å². The highest BCUT2D eigenvalue weighted by molar-refractivity contribution is 7.99. The summed E-state index contributed by atoms with van der Waals surface area (Å²) in [7, 11) is 0. The minimum atomic E-state index is -0.456. The number of rotatable bonds is 13. The lowest BCUT2D eigenvalue weighted by molar-refractivity contribution is -0.141. The number of carbonyl (C=O) groups excluding carboxylic acids is 2. The Morgan fingerprint density at radius 3 is 2.44 bits per heavy atom. The molecule has 0 heterocycles. The molecule has 1 unspecified atom stereocenters. The first-order chi connectivity index (χ1) is 15.5. The van der Waals surface area contributed by atoms with E-state index in [-0.39, 0.29) is 11.8 Å². The SMILES string of the molecule is CCCCNC(=O)C(CC)N(Cc1ccccc1C)C(=O)CCCSc1ccc(Cl)cc1. The molecule has 1 N–H and O–H groups in total. The number of amides is 2. The number of benzene rings is 2. The summed E-state index contributed by atoms with van der Waals surface area (Å²) in [6, 6.07) is 15.3. The van der Waals surface area contributed by atoms with Gasteiger partial charge in [-0.2, -0.15) is 0 Å². The van der Waals surface area contributed by atoms with Gasteiger partial charge in [0.15, 0.2) is 0 Å². The van der Waals surface area contributed by atoms with Crippen LogP contribution in [0.1, 0.15) is 57.1 Å². The zero-order valence-electron chi connectivity index (χ0n) is 19.4. The molecule has 2 amide bonds. The summed E-state index contributed by atoms with van der Waals surface area (Å²) in [4.78, 5) is 29.1. The fraction of sp³-hybridized carbons (Fsp3) is 0.462. The molecule has 6 heteroatoms. The van der Waals surface area contributed by atoms with Crippen molar-refractivity contribution in [3.05, 3.63) is 64.7 Å². The molecule has 0 aliphatic carbocycles. The second kappa shape index (κ2) is 14.2. The van der Waals surface area contributed by atoms with Crippen molar-refractivity contribution in [3.8, 4) is 0 Å². The zero-order valence-corrected chi connectivity index (χ0v) is 21.0. The van der Waals surface area contributed by atoms with E-state index in [0.29, 0.717) is 25.9 Å². The number of hydrogen-bond acceptors (Lipinski definition) is 3. The minimum Gasteiger partial charge on any atom is -0.354 e. The van der Waals surface area contributed by atoms with E-state index in [1.54, 1.807) is 16.7 Å². The summed E-state index contributed by atoms with van der Waals surface area (Å²) in [5, 5.41) is 3.74. The number of unbranched alkanes of at least 4 members (excludes halogenated alkanes) is 1. The maximum atomic E-state index is 13.3. The molecule has 1 atom stereocenters. The monoisotopic (exact) mass is 474 g/mol. The second-order valence-electron chi connectivity index (χ2n) is 7.92. The van der Waals surface area contributed by atoms with Crippen LogP contribution in [0, 0.1) is 6.92 Å². The molecule has 32 heavy (non-hydrogen) atoms. The Labute approximate surface area is 202 Å². The van der Waals surface area contributed by atoms with Gasteiger partial charge in [0.2, 0.25) is 11.8 Å². The number of carbonyl (C=O) groups is 2. The first-order valence-corrected chi connectivity index (χ1v) is 12.8. The van der Waals surface area contributed by atoms with Gasteiger partial charge in [0.05, 0.1) is 0 Å². The Bertz CT molecular complexity index is 857. The molecule has 0 spiro atoms. The van der Waals surface area contributed by atoms with Gasteiger partial charge < -0.3 is 10.2 Å². The van der Waals surface area contributed by atoms with Gasteiger partial charge in [0.1, 0.15) is 6.04 Å². The van der Waals surface area contributed by atoms with E-state index in [4.69, 9.17) is 11.6 Å². The Kier molecular flexibility index (Phi) is 11.7. The molecular weight excluding hydrogens is 440 g/mol. The second-order valence-corrected chi connectivity index (χ2v) is 9.53. The summed E-state index contributed by atoms with van der Waals surface area (Å²) in [6.07, 6.45) is 3.73. The Morgan fingerprint density at radius 1 is 1.06 bits per heavy atom. The van der Waals surface area contributed by atoms with Crippen LogP contribution in [0.5, 0.6) is 0 Å². The number of hydrogen-bond donors (Lipinski definition) is 1. The first kappa shape index (κ1) is 26.3. The van der Waals surface area contributed by atoms with Crippen LogP contribution in [0.4, 0.5) is 0 Å². The van der Waals surface area contributed by atoms with Crippen LogP contribution in [0.2, 0.25) is 5.02 Å². The maximum Gasteiger partial charge on any atom is 0.242 e. The Hall–Kier alpha value is -1.98. The molecule has 2 aromatic carbocycles. The van der Waals surface area contributed by atoms with Crippen molar-refractivity contribution in [1.29, 1.82) is 0 Å². The molecule has 0 radical (unpaired) electrons. The topological polar surface area (TPSA) is 49.4 Å². The molecule has 0 aromatic heterocycles. The largest absolute Gasteiger partial charge is 0.354 e.